The summed E-state index contributed by atoms with van der Waals surface area (Å²) in [4.78, 5) is 99.3. The molecule has 0 bridgehead atoms. The summed E-state index contributed by atoms with van der Waals surface area (Å²) in [6.45, 7) is 3.92. The lowest BCUT2D eigenvalue weighted by Gasteiger charge is -2.26. The Morgan fingerprint density at radius 3 is 1.17 bits per heavy atom. The highest BCUT2D eigenvalue weighted by Crippen LogP contribution is 2.13. The Morgan fingerprint density at radius 2 is 0.793 bits per heavy atom. The molecule has 0 aliphatic carbocycles. The summed E-state index contributed by atoms with van der Waals surface area (Å²) >= 11 is 0. The van der Waals surface area contributed by atoms with E-state index in [-0.39, 0.29) is 64.6 Å². The number of carbonyl (C=O) groups excluding carboxylic acids is 7. The number of hydroxylamine groups is 6. The van der Waals surface area contributed by atoms with Crippen molar-refractivity contribution in [2.24, 2.45) is 0 Å². The van der Waals surface area contributed by atoms with Gasteiger partial charge in [0.05, 0.1) is 6.61 Å². The second kappa shape index (κ2) is 31.6. The summed E-state index contributed by atoms with van der Waals surface area (Å²) in [6.07, 6.45) is 11.6. The Hall–Kier alpha value is -4.40. The van der Waals surface area contributed by atoms with E-state index in [1.54, 1.807) is 0 Å². The number of aliphatic carboxylic acids is 1. The molecular weight excluding hydrogens is 762 g/mol. The number of amides is 7. The molecule has 334 valence electrons. The van der Waals surface area contributed by atoms with Crippen molar-refractivity contribution < 1.29 is 64.2 Å². The van der Waals surface area contributed by atoms with Gasteiger partial charge in [0, 0.05) is 46.8 Å². The first-order chi connectivity index (χ1) is 27.4. The maximum absolute atomic E-state index is 13.7. The van der Waals surface area contributed by atoms with Gasteiger partial charge in [-0.05, 0) is 44.9 Å². The number of carbonyl (C=O) groups is 8. The highest BCUT2D eigenvalue weighted by atomic mass is 16.5. The molecule has 7 amide bonds. The lowest BCUT2D eigenvalue weighted by Crippen LogP contribution is -2.58. The van der Waals surface area contributed by atoms with Crippen LogP contribution in [0.2, 0.25) is 0 Å². The minimum Gasteiger partial charge on any atom is -0.480 e. The van der Waals surface area contributed by atoms with Crippen LogP contribution < -0.4 is 21.3 Å². The van der Waals surface area contributed by atoms with Crippen molar-refractivity contribution in [2.45, 2.75) is 167 Å². The summed E-state index contributed by atoms with van der Waals surface area (Å²) in [7, 11) is 0. The third kappa shape index (κ3) is 25.1. The molecule has 20 nitrogen and oxygen atoms in total. The quantitative estimate of drug-likeness (QED) is 0.0259. The van der Waals surface area contributed by atoms with E-state index >= 15 is 0 Å². The lowest BCUT2D eigenvalue weighted by atomic mass is 10.0. The van der Waals surface area contributed by atoms with Crippen LogP contribution in [0.5, 0.6) is 0 Å². The molecule has 9 N–H and O–H groups in total. The Kier molecular flexibility index (Phi) is 29.2. The number of carboxylic acid groups (broad SMARTS) is 1. The number of hydrogen-bond donors (Lipinski definition) is 9. The van der Waals surface area contributed by atoms with Crippen LogP contribution in [0.1, 0.15) is 143 Å². The second-order valence-corrected chi connectivity index (χ2v) is 14.5. The largest absolute Gasteiger partial charge is 0.480 e. The minimum atomic E-state index is -1.70. The van der Waals surface area contributed by atoms with E-state index in [1.165, 1.54) is 38.5 Å². The van der Waals surface area contributed by atoms with Crippen molar-refractivity contribution in [3.8, 4) is 0 Å². The third-order valence-corrected chi connectivity index (χ3v) is 9.40. The predicted octanol–water partition coefficient (Wildman–Crippen LogP) is 1.76. The number of aliphatic hydroxyl groups excluding tert-OH is 1. The monoisotopic (exact) mass is 831 g/mol. The molecule has 0 aromatic carbocycles. The molecule has 0 aliphatic rings. The van der Waals surface area contributed by atoms with Gasteiger partial charge in [-0.2, -0.15) is 0 Å². The third-order valence-electron chi connectivity index (χ3n) is 9.40. The average Bonchev–Trinajstić information content (AvgIpc) is 3.16. The molecule has 0 spiro atoms. The Bertz CT molecular complexity index is 1290. The van der Waals surface area contributed by atoms with Gasteiger partial charge in [-0.3, -0.25) is 49.2 Å². The molecule has 4 atom stereocenters. The van der Waals surface area contributed by atoms with Crippen LogP contribution in [0.25, 0.3) is 0 Å². The first kappa shape index (κ1) is 53.6. The molecule has 20 heteroatoms. The summed E-state index contributed by atoms with van der Waals surface area (Å²) in [5, 5.41) is 59.6. The number of rotatable bonds is 33. The molecular formula is C38H69N7O13. The molecule has 0 rings (SSSR count). The highest BCUT2D eigenvalue weighted by Gasteiger charge is 2.31. The van der Waals surface area contributed by atoms with Crippen LogP contribution >= 0.6 is 0 Å². The molecule has 0 aliphatic heterocycles. The van der Waals surface area contributed by atoms with E-state index in [2.05, 4.69) is 28.2 Å². The van der Waals surface area contributed by atoms with Crippen LogP contribution in [0.3, 0.4) is 0 Å². The topological polar surface area (TPSA) is 296 Å². The van der Waals surface area contributed by atoms with Gasteiger partial charge >= 0.3 is 5.97 Å². The van der Waals surface area contributed by atoms with Crippen LogP contribution in [0.4, 0.5) is 0 Å². The van der Waals surface area contributed by atoms with Gasteiger partial charge in [-0.1, -0.05) is 71.1 Å². The van der Waals surface area contributed by atoms with Gasteiger partial charge in [0.2, 0.25) is 41.4 Å². The zero-order valence-electron chi connectivity index (χ0n) is 34.7. The average molecular weight is 832 g/mol. The van der Waals surface area contributed by atoms with Crippen molar-refractivity contribution in [1.29, 1.82) is 0 Å². The van der Waals surface area contributed by atoms with E-state index in [0.29, 0.717) is 21.6 Å². The predicted molar refractivity (Wildman–Crippen MR) is 209 cm³/mol. The summed E-state index contributed by atoms with van der Waals surface area (Å²) in [5.74, 6) is -6.81. The van der Waals surface area contributed by atoms with Crippen LogP contribution in [0.15, 0.2) is 0 Å². The number of carboxylic acids is 1. The highest BCUT2D eigenvalue weighted by molar-refractivity contribution is 5.95. The first-order valence-corrected chi connectivity index (χ1v) is 20.4. The summed E-state index contributed by atoms with van der Waals surface area (Å²) in [6, 6.07) is -5.91. The number of hydrogen-bond acceptors (Lipinski definition) is 12. The fourth-order valence-electron chi connectivity index (χ4n) is 5.83. The van der Waals surface area contributed by atoms with Crippen LogP contribution in [-0.4, -0.2) is 139 Å². The fraction of sp³-hybridized carbons (Fsp3) is 0.789. The van der Waals surface area contributed by atoms with Crippen molar-refractivity contribution in [2.75, 3.05) is 26.2 Å². The van der Waals surface area contributed by atoms with Gasteiger partial charge in [0.25, 0.3) is 0 Å². The van der Waals surface area contributed by atoms with Gasteiger partial charge < -0.3 is 31.5 Å². The smallest absolute Gasteiger partial charge is 0.326 e. The van der Waals surface area contributed by atoms with Gasteiger partial charge in [-0.25, -0.2) is 20.0 Å². The van der Waals surface area contributed by atoms with E-state index < -0.39 is 78.1 Å². The van der Waals surface area contributed by atoms with E-state index in [4.69, 9.17) is 0 Å². The number of aliphatic hydroxyl groups is 1. The molecule has 0 radical (unpaired) electrons. The minimum absolute atomic E-state index is 0.0260. The first-order valence-electron chi connectivity index (χ1n) is 20.4. The number of unbranched alkanes of at least 4 members (excludes halogenated alkanes) is 10. The van der Waals surface area contributed by atoms with Gasteiger partial charge in [0.15, 0.2) is 0 Å². The van der Waals surface area contributed by atoms with Crippen LogP contribution in [0, 0.1) is 0 Å². The van der Waals surface area contributed by atoms with E-state index in [0.717, 1.165) is 46.5 Å². The second-order valence-electron chi connectivity index (χ2n) is 14.5. The molecule has 4 unspecified atom stereocenters. The Morgan fingerprint density at radius 1 is 0.466 bits per heavy atom. The SMILES string of the molecule is CCCCCCCCCCCCCC(=O)NC(CCCN(O)C(C)=O)C(=O)NC(CCCN(O)C(C)=O)C(=O)NC(CO)C(=O)NC(CCCN(O)C(C)=O)C(=O)O. The molecule has 0 aromatic rings. The maximum Gasteiger partial charge on any atom is 0.326 e. The molecule has 0 heterocycles. The Labute approximate surface area is 341 Å². The molecule has 0 fully saturated rings. The summed E-state index contributed by atoms with van der Waals surface area (Å²) in [5.41, 5.74) is 0. The molecule has 0 aromatic heterocycles. The number of nitrogens with one attached hydrogen (secondary N) is 4. The lowest BCUT2D eigenvalue weighted by molar-refractivity contribution is -0.163. The zero-order chi connectivity index (χ0) is 44.0. The van der Waals surface area contributed by atoms with Crippen molar-refractivity contribution in [3.05, 3.63) is 0 Å². The maximum atomic E-state index is 13.7. The van der Waals surface area contributed by atoms with Crippen LogP contribution in [-0.2, 0) is 38.4 Å². The van der Waals surface area contributed by atoms with Crippen molar-refractivity contribution in [1.82, 2.24) is 36.5 Å². The number of nitrogens with zero attached hydrogens (tertiary/aromatic N) is 3. The van der Waals surface area contributed by atoms with E-state index in [9.17, 15) is 64.2 Å². The summed E-state index contributed by atoms with van der Waals surface area (Å²) < 4.78 is 0. The fourth-order valence-corrected chi connectivity index (χ4v) is 5.83. The Balaban J connectivity index is 5.76. The molecule has 0 saturated carbocycles. The molecule has 0 saturated heterocycles. The van der Waals surface area contributed by atoms with Crippen molar-refractivity contribution >= 4 is 47.3 Å². The normalized spacial score (nSPS) is 13.0. The van der Waals surface area contributed by atoms with E-state index in [1.807, 2.05) is 0 Å². The zero-order valence-corrected chi connectivity index (χ0v) is 34.7. The van der Waals surface area contributed by atoms with Gasteiger partial charge in [-0.15, -0.1) is 0 Å². The van der Waals surface area contributed by atoms with Crippen molar-refractivity contribution in [3.63, 3.8) is 0 Å². The molecule has 58 heavy (non-hydrogen) atoms. The van der Waals surface area contributed by atoms with Gasteiger partial charge in [0.1, 0.15) is 24.2 Å². The standard InChI is InChI=1S/C38H69N7O13/c1-5-6-7-8-9-10-11-12-13-14-15-22-34(50)39-30(19-16-23-43(56)27(2)47)35(51)40-31(20-17-24-44(57)28(3)48)36(52)42-33(26-46)37(53)41-32(38(54)55)21-18-25-45(58)29(4)49/h30-33,46,56-58H,5-26H2,1-4H3,(H,39,50)(H,40,51)(H,41,53)(H,42,52)(H,54,55).